The van der Waals surface area contributed by atoms with Crippen molar-refractivity contribution in [3.05, 3.63) is 21.3 Å². The van der Waals surface area contributed by atoms with Gasteiger partial charge in [-0.3, -0.25) is 9.59 Å². The van der Waals surface area contributed by atoms with Gasteiger partial charge in [0.25, 0.3) is 5.91 Å². The van der Waals surface area contributed by atoms with Crippen molar-refractivity contribution >= 4 is 34.8 Å². The molecule has 0 aromatic carbocycles. The van der Waals surface area contributed by atoms with Gasteiger partial charge in [-0.25, -0.2) is 0 Å². The van der Waals surface area contributed by atoms with E-state index in [1.165, 1.54) is 16.2 Å². The first kappa shape index (κ1) is 11.4. The minimum Gasteiger partial charge on any atom is -0.368 e. The summed E-state index contributed by atoms with van der Waals surface area (Å²) in [6.07, 6.45) is 1.47. The number of thiophene rings is 1. The molecule has 2 heterocycles. The monoisotopic (exact) mass is 258 g/mol. The minimum atomic E-state index is -0.464. The second kappa shape index (κ2) is 4.43. The molecule has 2 amide bonds. The molecule has 0 saturated carbocycles. The van der Waals surface area contributed by atoms with Gasteiger partial charge in [0.1, 0.15) is 6.04 Å². The second-order valence-electron chi connectivity index (χ2n) is 3.66. The van der Waals surface area contributed by atoms with Crippen LogP contribution >= 0.6 is 22.9 Å². The predicted octanol–water partition coefficient (Wildman–Crippen LogP) is 1.49. The Morgan fingerprint density at radius 1 is 1.50 bits per heavy atom. The Morgan fingerprint density at radius 2 is 2.25 bits per heavy atom. The Hall–Kier alpha value is -1.07. The zero-order chi connectivity index (χ0) is 11.7. The summed E-state index contributed by atoms with van der Waals surface area (Å²) in [5.41, 5.74) is 5.25. The van der Waals surface area contributed by atoms with Gasteiger partial charge in [-0.1, -0.05) is 11.6 Å². The Labute approximate surface area is 102 Å². The topological polar surface area (TPSA) is 63.4 Å². The zero-order valence-corrected chi connectivity index (χ0v) is 10.1. The van der Waals surface area contributed by atoms with E-state index < -0.39 is 11.9 Å². The fraction of sp³-hybridized carbons (Fsp3) is 0.400. The van der Waals surface area contributed by atoms with E-state index in [1.54, 1.807) is 12.1 Å². The SMILES string of the molecule is NC(=O)[C@H]1CCCN1C(=O)c1ccc(Cl)s1. The summed E-state index contributed by atoms with van der Waals surface area (Å²) < 4.78 is 0.568. The molecule has 16 heavy (non-hydrogen) atoms. The molecule has 1 fully saturated rings. The molecule has 1 aliphatic heterocycles. The number of primary amides is 1. The first-order valence-corrected chi connectivity index (χ1v) is 6.14. The molecule has 0 spiro atoms. The first-order valence-electron chi connectivity index (χ1n) is 4.95. The van der Waals surface area contributed by atoms with Crippen LogP contribution < -0.4 is 5.73 Å². The normalized spacial score (nSPS) is 20.1. The molecule has 4 nitrogen and oxygen atoms in total. The predicted molar refractivity (Wildman–Crippen MR) is 62.6 cm³/mol. The van der Waals surface area contributed by atoms with Gasteiger partial charge in [0.2, 0.25) is 5.91 Å². The van der Waals surface area contributed by atoms with Crippen LogP contribution in [0.4, 0.5) is 0 Å². The average molecular weight is 259 g/mol. The van der Waals surface area contributed by atoms with E-state index in [2.05, 4.69) is 0 Å². The quantitative estimate of drug-likeness (QED) is 0.874. The fourth-order valence-electron chi connectivity index (χ4n) is 1.88. The van der Waals surface area contributed by atoms with Crippen molar-refractivity contribution in [1.29, 1.82) is 0 Å². The van der Waals surface area contributed by atoms with E-state index in [0.717, 1.165) is 6.42 Å². The van der Waals surface area contributed by atoms with Crippen molar-refractivity contribution in [2.24, 2.45) is 5.73 Å². The maximum atomic E-state index is 12.0. The highest BCUT2D eigenvalue weighted by atomic mass is 35.5. The third kappa shape index (κ3) is 2.05. The molecule has 0 radical (unpaired) electrons. The van der Waals surface area contributed by atoms with Crippen LogP contribution in [0.25, 0.3) is 0 Å². The number of nitrogens with zero attached hydrogens (tertiary/aromatic N) is 1. The van der Waals surface area contributed by atoms with Crippen LogP contribution in [0.5, 0.6) is 0 Å². The lowest BCUT2D eigenvalue weighted by molar-refractivity contribution is -0.121. The second-order valence-corrected chi connectivity index (χ2v) is 5.38. The van der Waals surface area contributed by atoms with Crippen LogP contribution in [0, 0.1) is 0 Å². The highest BCUT2D eigenvalue weighted by molar-refractivity contribution is 7.17. The molecule has 1 saturated heterocycles. The van der Waals surface area contributed by atoms with Gasteiger partial charge in [-0.2, -0.15) is 0 Å². The maximum absolute atomic E-state index is 12.0. The Kier molecular flexibility index (Phi) is 3.16. The van der Waals surface area contributed by atoms with Gasteiger partial charge < -0.3 is 10.6 Å². The first-order chi connectivity index (χ1) is 7.59. The summed E-state index contributed by atoms with van der Waals surface area (Å²) in [5, 5.41) is 0. The van der Waals surface area contributed by atoms with E-state index in [-0.39, 0.29) is 5.91 Å². The maximum Gasteiger partial charge on any atom is 0.264 e. The molecular weight excluding hydrogens is 248 g/mol. The molecule has 1 aliphatic rings. The largest absolute Gasteiger partial charge is 0.368 e. The molecule has 0 unspecified atom stereocenters. The van der Waals surface area contributed by atoms with Crippen LogP contribution in [0.2, 0.25) is 4.34 Å². The van der Waals surface area contributed by atoms with E-state index in [0.29, 0.717) is 22.2 Å². The molecule has 1 aromatic heterocycles. The van der Waals surface area contributed by atoms with E-state index in [9.17, 15) is 9.59 Å². The van der Waals surface area contributed by atoms with Gasteiger partial charge in [0.15, 0.2) is 0 Å². The van der Waals surface area contributed by atoms with Gasteiger partial charge in [0, 0.05) is 6.54 Å². The number of carbonyl (C=O) groups excluding carboxylic acids is 2. The van der Waals surface area contributed by atoms with Gasteiger partial charge in [-0.15, -0.1) is 11.3 Å². The van der Waals surface area contributed by atoms with Crippen molar-refractivity contribution < 1.29 is 9.59 Å². The lowest BCUT2D eigenvalue weighted by atomic mass is 10.2. The van der Waals surface area contributed by atoms with Gasteiger partial charge in [0.05, 0.1) is 9.21 Å². The summed E-state index contributed by atoms with van der Waals surface area (Å²) >= 11 is 6.98. The lowest BCUT2D eigenvalue weighted by Gasteiger charge is -2.21. The number of amides is 2. The lowest BCUT2D eigenvalue weighted by Crippen LogP contribution is -2.43. The molecule has 2 N–H and O–H groups in total. The Bertz CT molecular complexity index is 432. The average Bonchev–Trinajstić information content (AvgIpc) is 2.84. The van der Waals surface area contributed by atoms with Crippen molar-refractivity contribution in [3.8, 4) is 0 Å². The molecular formula is C10H11ClN2O2S. The van der Waals surface area contributed by atoms with Crippen LogP contribution in [-0.2, 0) is 4.79 Å². The summed E-state index contributed by atoms with van der Waals surface area (Å²) in [4.78, 5) is 25.3. The Balaban J connectivity index is 2.18. The van der Waals surface area contributed by atoms with Crippen LogP contribution in [0.1, 0.15) is 22.5 Å². The number of likely N-dealkylation sites (tertiary alicyclic amines) is 1. The molecule has 86 valence electrons. The molecule has 0 bridgehead atoms. The molecule has 1 atom stereocenters. The van der Waals surface area contributed by atoms with Crippen LogP contribution in [-0.4, -0.2) is 29.3 Å². The fourth-order valence-corrected chi connectivity index (χ4v) is 2.88. The summed E-state index contributed by atoms with van der Waals surface area (Å²) in [7, 11) is 0. The van der Waals surface area contributed by atoms with E-state index >= 15 is 0 Å². The van der Waals surface area contributed by atoms with Crippen LogP contribution in [0.15, 0.2) is 12.1 Å². The number of rotatable bonds is 2. The molecule has 2 rings (SSSR count). The third-order valence-electron chi connectivity index (χ3n) is 2.63. The van der Waals surface area contributed by atoms with Crippen molar-refractivity contribution in [1.82, 2.24) is 4.90 Å². The van der Waals surface area contributed by atoms with Gasteiger partial charge in [-0.05, 0) is 25.0 Å². The number of hydrogen-bond acceptors (Lipinski definition) is 3. The highest BCUT2D eigenvalue weighted by Gasteiger charge is 2.33. The summed E-state index contributed by atoms with van der Waals surface area (Å²) in [5.74, 6) is -0.591. The minimum absolute atomic E-state index is 0.154. The Morgan fingerprint density at radius 3 is 2.81 bits per heavy atom. The third-order valence-corrected chi connectivity index (χ3v) is 3.85. The van der Waals surface area contributed by atoms with E-state index in [4.69, 9.17) is 17.3 Å². The summed E-state index contributed by atoms with van der Waals surface area (Å²) in [6.45, 7) is 0.585. The van der Waals surface area contributed by atoms with Crippen LogP contribution in [0.3, 0.4) is 0 Å². The number of halogens is 1. The number of hydrogen-bond donors (Lipinski definition) is 1. The smallest absolute Gasteiger partial charge is 0.264 e. The number of carbonyl (C=O) groups is 2. The molecule has 0 aliphatic carbocycles. The van der Waals surface area contributed by atoms with E-state index in [1.807, 2.05) is 0 Å². The van der Waals surface area contributed by atoms with Crippen molar-refractivity contribution in [2.45, 2.75) is 18.9 Å². The van der Waals surface area contributed by atoms with Crippen molar-refractivity contribution in [2.75, 3.05) is 6.54 Å². The zero-order valence-electron chi connectivity index (χ0n) is 8.48. The highest BCUT2D eigenvalue weighted by Crippen LogP contribution is 2.26. The molecule has 6 heteroatoms. The number of nitrogens with two attached hydrogens (primary N) is 1. The molecule has 1 aromatic rings. The standard InChI is InChI=1S/C10H11ClN2O2S/c11-8-4-3-7(16-8)10(15)13-5-1-2-6(13)9(12)14/h3-4,6H,1-2,5H2,(H2,12,14)/t6-/m1/s1. The van der Waals surface area contributed by atoms with Crippen molar-refractivity contribution in [3.63, 3.8) is 0 Å². The summed E-state index contributed by atoms with van der Waals surface area (Å²) in [6, 6.07) is 2.88. The van der Waals surface area contributed by atoms with Gasteiger partial charge >= 0.3 is 0 Å².